The minimum Gasteiger partial charge on any atom is -0.354 e. The van der Waals surface area contributed by atoms with E-state index in [4.69, 9.17) is 0 Å². The summed E-state index contributed by atoms with van der Waals surface area (Å²) in [6.45, 7) is 4.49. The highest BCUT2D eigenvalue weighted by Crippen LogP contribution is 2.32. The van der Waals surface area contributed by atoms with E-state index in [1.165, 1.54) is 0 Å². The Morgan fingerprint density at radius 2 is 2.17 bits per heavy atom. The van der Waals surface area contributed by atoms with Gasteiger partial charge >= 0.3 is 0 Å². The molecule has 102 valence electrons. The normalized spacial score (nSPS) is 26.7. The molecule has 0 aromatic rings. The van der Waals surface area contributed by atoms with Crippen LogP contribution in [0.1, 0.15) is 39.0 Å². The predicted octanol–water partition coefficient (Wildman–Crippen LogP) is 0.161. The van der Waals surface area contributed by atoms with E-state index in [1.54, 1.807) is 0 Å². The summed E-state index contributed by atoms with van der Waals surface area (Å²) >= 11 is 0. The quantitative estimate of drug-likeness (QED) is 0.668. The average Bonchev–Trinajstić information content (AvgIpc) is 2.82. The van der Waals surface area contributed by atoms with Crippen LogP contribution in [0.5, 0.6) is 0 Å². The summed E-state index contributed by atoms with van der Waals surface area (Å²) in [5, 5.41) is 9.20. The van der Waals surface area contributed by atoms with E-state index in [0.29, 0.717) is 13.0 Å². The van der Waals surface area contributed by atoms with Crippen molar-refractivity contribution in [1.82, 2.24) is 16.0 Å². The lowest BCUT2D eigenvalue weighted by atomic mass is 9.76. The van der Waals surface area contributed by atoms with Crippen molar-refractivity contribution < 1.29 is 9.59 Å². The number of rotatable bonds is 4. The molecule has 2 amide bonds. The van der Waals surface area contributed by atoms with E-state index < -0.39 is 0 Å². The molecule has 1 atom stereocenters. The van der Waals surface area contributed by atoms with Gasteiger partial charge in [-0.15, -0.1) is 0 Å². The summed E-state index contributed by atoms with van der Waals surface area (Å²) < 4.78 is 0. The molecule has 0 saturated carbocycles. The molecule has 2 rings (SSSR count). The van der Waals surface area contributed by atoms with Gasteiger partial charge in [-0.1, -0.05) is 6.92 Å². The van der Waals surface area contributed by atoms with Crippen LogP contribution in [-0.2, 0) is 9.59 Å². The molecule has 2 saturated heterocycles. The average molecular weight is 253 g/mol. The van der Waals surface area contributed by atoms with E-state index in [1.807, 2.05) is 0 Å². The number of hydrogen-bond acceptors (Lipinski definition) is 3. The van der Waals surface area contributed by atoms with Gasteiger partial charge in [0.2, 0.25) is 11.8 Å². The van der Waals surface area contributed by atoms with Gasteiger partial charge in [-0.3, -0.25) is 9.59 Å². The molecule has 0 aromatic carbocycles. The zero-order valence-corrected chi connectivity index (χ0v) is 11.1. The molecular weight excluding hydrogens is 230 g/mol. The van der Waals surface area contributed by atoms with E-state index in [-0.39, 0.29) is 23.3 Å². The molecule has 2 fully saturated rings. The molecule has 18 heavy (non-hydrogen) atoms. The number of amides is 2. The van der Waals surface area contributed by atoms with Crippen LogP contribution in [0.4, 0.5) is 0 Å². The Labute approximate surface area is 108 Å². The molecule has 3 N–H and O–H groups in total. The molecule has 5 nitrogen and oxygen atoms in total. The van der Waals surface area contributed by atoms with Crippen LogP contribution in [0.2, 0.25) is 0 Å². The van der Waals surface area contributed by atoms with Gasteiger partial charge in [-0.2, -0.15) is 0 Å². The lowest BCUT2D eigenvalue weighted by molar-refractivity contribution is -0.133. The maximum absolute atomic E-state index is 12.3. The number of piperidine rings is 1. The van der Waals surface area contributed by atoms with Crippen molar-refractivity contribution in [2.75, 3.05) is 19.6 Å². The Morgan fingerprint density at radius 3 is 2.72 bits per heavy atom. The topological polar surface area (TPSA) is 70.2 Å². The monoisotopic (exact) mass is 253 g/mol. The summed E-state index contributed by atoms with van der Waals surface area (Å²) in [5.41, 5.74) is -0.201. The summed E-state index contributed by atoms with van der Waals surface area (Å²) in [4.78, 5) is 23.4. The van der Waals surface area contributed by atoms with Crippen molar-refractivity contribution in [2.45, 2.75) is 45.1 Å². The lowest BCUT2D eigenvalue weighted by Gasteiger charge is -2.35. The Balaban J connectivity index is 1.84. The SMILES string of the molecule is CCC1(C(=O)NCC2CCC(=O)N2)CCNCC1. The fraction of sp³-hybridized carbons (Fsp3) is 0.846. The first-order valence-corrected chi connectivity index (χ1v) is 6.95. The Morgan fingerprint density at radius 1 is 1.44 bits per heavy atom. The van der Waals surface area contributed by atoms with Crippen LogP contribution in [0, 0.1) is 5.41 Å². The largest absolute Gasteiger partial charge is 0.354 e. The van der Waals surface area contributed by atoms with Gasteiger partial charge in [0.1, 0.15) is 0 Å². The maximum atomic E-state index is 12.3. The van der Waals surface area contributed by atoms with Gasteiger partial charge in [-0.05, 0) is 38.8 Å². The summed E-state index contributed by atoms with van der Waals surface area (Å²) in [6, 6.07) is 0.122. The molecular formula is C13H23N3O2. The highest BCUT2D eigenvalue weighted by Gasteiger charge is 2.37. The molecule has 2 aliphatic heterocycles. The molecule has 5 heteroatoms. The molecule has 0 bridgehead atoms. The van der Waals surface area contributed by atoms with Gasteiger partial charge in [0.15, 0.2) is 0 Å². The van der Waals surface area contributed by atoms with E-state index in [0.717, 1.165) is 38.8 Å². The third-order valence-corrected chi connectivity index (χ3v) is 4.31. The predicted molar refractivity (Wildman–Crippen MR) is 69.0 cm³/mol. The van der Waals surface area contributed by atoms with Crippen molar-refractivity contribution in [3.63, 3.8) is 0 Å². The summed E-state index contributed by atoms with van der Waals surface area (Å²) in [5.74, 6) is 0.258. The number of nitrogens with one attached hydrogen (secondary N) is 3. The molecule has 1 unspecified atom stereocenters. The number of carbonyl (C=O) groups excluding carboxylic acids is 2. The highest BCUT2D eigenvalue weighted by atomic mass is 16.2. The zero-order valence-electron chi connectivity index (χ0n) is 11.1. The van der Waals surface area contributed by atoms with Crippen LogP contribution in [0.3, 0.4) is 0 Å². The Kier molecular flexibility index (Phi) is 4.22. The molecule has 0 aromatic heterocycles. The second-order valence-corrected chi connectivity index (χ2v) is 5.40. The fourth-order valence-electron chi connectivity index (χ4n) is 2.88. The number of carbonyl (C=O) groups is 2. The molecule has 0 radical (unpaired) electrons. The van der Waals surface area contributed by atoms with Crippen molar-refractivity contribution in [3.8, 4) is 0 Å². The maximum Gasteiger partial charge on any atom is 0.226 e. The van der Waals surface area contributed by atoms with Crippen LogP contribution < -0.4 is 16.0 Å². The first-order valence-electron chi connectivity index (χ1n) is 6.95. The first-order chi connectivity index (χ1) is 8.66. The fourth-order valence-corrected chi connectivity index (χ4v) is 2.88. The van der Waals surface area contributed by atoms with Crippen LogP contribution in [0.25, 0.3) is 0 Å². The Hall–Kier alpha value is -1.10. The number of hydrogen-bond donors (Lipinski definition) is 3. The van der Waals surface area contributed by atoms with E-state index >= 15 is 0 Å². The van der Waals surface area contributed by atoms with Gasteiger partial charge in [-0.25, -0.2) is 0 Å². The highest BCUT2D eigenvalue weighted by molar-refractivity contribution is 5.83. The van der Waals surface area contributed by atoms with Gasteiger partial charge in [0.25, 0.3) is 0 Å². The van der Waals surface area contributed by atoms with Crippen LogP contribution in [0.15, 0.2) is 0 Å². The second kappa shape index (κ2) is 5.69. The van der Waals surface area contributed by atoms with Gasteiger partial charge < -0.3 is 16.0 Å². The molecule has 0 spiro atoms. The van der Waals surface area contributed by atoms with Gasteiger partial charge in [0.05, 0.1) is 5.41 Å². The smallest absolute Gasteiger partial charge is 0.226 e. The van der Waals surface area contributed by atoms with Crippen molar-refractivity contribution in [2.24, 2.45) is 5.41 Å². The minimum atomic E-state index is -0.201. The lowest BCUT2D eigenvalue weighted by Crippen LogP contribution is -2.49. The standard InChI is InChI=1S/C13H23N3O2/c1-2-13(5-7-14-8-6-13)12(18)15-9-10-3-4-11(17)16-10/h10,14H,2-9H2,1H3,(H,15,18)(H,16,17). The Bertz CT molecular complexity index is 324. The summed E-state index contributed by atoms with van der Waals surface area (Å²) in [6.07, 6.45) is 4.12. The van der Waals surface area contributed by atoms with Crippen LogP contribution >= 0.6 is 0 Å². The minimum absolute atomic E-state index is 0.0984. The summed E-state index contributed by atoms with van der Waals surface area (Å²) in [7, 11) is 0. The third kappa shape index (κ3) is 2.83. The molecule has 2 aliphatic rings. The first kappa shape index (κ1) is 13.3. The van der Waals surface area contributed by atoms with E-state index in [2.05, 4.69) is 22.9 Å². The van der Waals surface area contributed by atoms with Gasteiger partial charge in [0, 0.05) is 19.0 Å². The second-order valence-electron chi connectivity index (χ2n) is 5.40. The zero-order chi connectivity index (χ0) is 13.0. The molecule has 2 heterocycles. The van der Waals surface area contributed by atoms with Crippen molar-refractivity contribution in [1.29, 1.82) is 0 Å². The van der Waals surface area contributed by atoms with Crippen molar-refractivity contribution in [3.05, 3.63) is 0 Å². The van der Waals surface area contributed by atoms with E-state index in [9.17, 15) is 9.59 Å². The third-order valence-electron chi connectivity index (χ3n) is 4.31. The van der Waals surface area contributed by atoms with Crippen molar-refractivity contribution >= 4 is 11.8 Å². The van der Waals surface area contributed by atoms with Crippen LogP contribution in [-0.4, -0.2) is 37.5 Å². The molecule has 0 aliphatic carbocycles.